The summed E-state index contributed by atoms with van der Waals surface area (Å²) in [6.07, 6.45) is 4.50. The van der Waals surface area contributed by atoms with Gasteiger partial charge in [0.1, 0.15) is 0 Å². The van der Waals surface area contributed by atoms with Gasteiger partial charge < -0.3 is 10.0 Å². The van der Waals surface area contributed by atoms with Gasteiger partial charge in [-0.05, 0) is 57.3 Å². The molecule has 0 aromatic heterocycles. The molecule has 0 heterocycles. The van der Waals surface area contributed by atoms with Gasteiger partial charge in [-0.25, -0.2) is 0 Å². The third-order valence-electron chi connectivity index (χ3n) is 5.16. The molecule has 1 fully saturated rings. The first-order chi connectivity index (χ1) is 8.99. The average molecular weight is 261 g/mol. The Kier molecular flexibility index (Phi) is 4.32. The quantitative estimate of drug-likeness (QED) is 0.873. The third kappa shape index (κ3) is 2.70. The van der Waals surface area contributed by atoms with Crippen molar-refractivity contribution in [2.45, 2.75) is 57.1 Å². The van der Waals surface area contributed by atoms with E-state index in [1.165, 1.54) is 24.8 Å². The first-order valence-electron chi connectivity index (χ1n) is 7.44. The van der Waals surface area contributed by atoms with Crippen LogP contribution in [0, 0.1) is 0 Å². The lowest BCUT2D eigenvalue weighted by Gasteiger charge is -2.40. The molecule has 2 heteroatoms. The van der Waals surface area contributed by atoms with Crippen LogP contribution in [0.5, 0.6) is 0 Å². The fourth-order valence-electron chi connectivity index (χ4n) is 2.81. The van der Waals surface area contributed by atoms with E-state index in [9.17, 15) is 5.11 Å². The zero-order valence-corrected chi connectivity index (χ0v) is 12.7. The standard InChI is InChI=1S/C17H27NO/c1-5-17(2,18(3)4)16(19)15-11-9-14(10-12-15)13-7-6-8-13/h9-13,16,19H,5-8H2,1-4H3. The summed E-state index contributed by atoms with van der Waals surface area (Å²) in [4.78, 5) is 2.12. The summed E-state index contributed by atoms with van der Waals surface area (Å²) in [6, 6.07) is 8.62. The minimum atomic E-state index is -0.442. The van der Waals surface area contributed by atoms with Crippen molar-refractivity contribution >= 4 is 0 Å². The summed E-state index contributed by atoms with van der Waals surface area (Å²) in [6.45, 7) is 4.25. The summed E-state index contributed by atoms with van der Waals surface area (Å²) < 4.78 is 0. The molecule has 19 heavy (non-hydrogen) atoms. The summed E-state index contributed by atoms with van der Waals surface area (Å²) >= 11 is 0. The van der Waals surface area contributed by atoms with Gasteiger partial charge in [0, 0.05) is 5.54 Å². The molecule has 1 aromatic rings. The Morgan fingerprint density at radius 1 is 1.26 bits per heavy atom. The van der Waals surface area contributed by atoms with Crippen molar-refractivity contribution in [2.75, 3.05) is 14.1 Å². The minimum absolute atomic E-state index is 0.210. The van der Waals surface area contributed by atoms with Crippen LogP contribution < -0.4 is 0 Å². The van der Waals surface area contributed by atoms with Gasteiger partial charge in [0.25, 0.3) is 0 Å². The Hall–Kier alpha value is -0.860. The second-order valence-electron chi connectivity index (χ2n) is 6.30. The number of nitrogens with zero attached hydrogens (tertiary/aromatic N) is 1. The number of aliphatic hydroxyl groups excluding tert-OH is 1. The highest BCUT2D eigenvalue weighted by molar-refractivity contribution is 5.29. The van der Waals surface area contributed by atoms with Gasteiger partial charge in [0.05, 0.1) is 6.10 Å². The van der Waals surface area contributed by atoms with Gasteiger partial charge in [-0.1, -0.05) is 37.6 Å². The molecule has 2 atom stereocenters. The molecule has 2 unspecified atom stereocenters. The lowest BCUT2D eigenvalue weighted by atomic mass is 9.79. The molecule has 0 amide bonds. The van der Waals surface area contributed by atoms with Crippen molar-refractivity contribution in [3.05, 3.63) is 35.4 Å². The molecule has 1 saturated carbocycles. The summed E-state index contributed by atoms with van der Waals surface area (Å²) in [5.74, 6) is 0.762. The molecular weight excluding hydrogens is 234 g/mol. The van der Waals surface area contributed by atoms with Crippen LogP contribution in [0.25, 0.3) is 0 Å². The van der Waals surface area contributed by atoms with E-state index in [2.05, 4.69) is 43.0 Å². The maximum atomic E-state index is 10.7. The van der Waals surface area contributed by atoms with Crippen LogP contribution in [0.15, 0.2) is 24.3 Å². The van der Waals surface area contributed by atoms with Crippen molar-refractivity contribution in [2.24, 2.45) is 0 Å². The molecule has 1 aliphatic carbocycles. The highest BCUT2D eigenvalue weighted by Gasteiger charge is 2.34. The number of benzene rings is 1. The van der Waals surface area contributed by atoms with Crippen LogP contribution in [-0.4, -0.2) is 29.6 Å². The van der Waals surface area contributed by atoms with Crippen molar-refractivity contribution in [1.29, 1.82) is 0 Å². The fraction of sp³-hybridized carbons (Fsp3) is 0.647. The Morgan fingerprint density at radius 2 is 1.84 bits per heavy atom. The molecule has 0 spiro atoms. The predicted molar refractivity (Wildman–Crippen MR) is 80.4 cm³/mol. The van der Waals surface area contributed by atoms with Gasteiger partial charge >= 0.3 is 0 Å². The Bertz CT molecular complexity index is 408. The smallest absolute Gasteiger partial charge is 0.0970 e. The van der Waals surface area contributed by atoms with E-state index in [4.69, 9.17) is 0 Å². The molecule has 106 valence electrons. The molecule has 2 nitrogen and oxygen atoms in total. The molecule has 0 bridgehead atoms. The first-order valence-corrected chi connectivity index (χ1v) is 7.44. The summed E-state index contributed by atoms with van der Waals surface area (Å²) in [5, 5.41) is 10.7. The van der Waals surface area contributed by atoms with Crippen molar-refractivity contribution < 1.29 is 5.11 Å². The zero-order valence-electron chi connectivity index (χ0n) is 12.7. The second-order valence-corrected chi connectivity index (χ2v) is 6.30. The highest BCUT2D eigenvalue weighted by atomic mass is 16.3. The molecule has 2 rings (SSSR count). The van der Waals surface area contributed by atoms with E-state index in [0.29, 0.717) is 0 Å². The van der Waals surface area contributed by atoms with Crippen LogP contribution >= 0.6 is 0 Å². The fourth-order valence-corrected chi connectivity index (χ4v) is 2.81. The van der Waals surface area contributed by atoms with Gasteiger partial charge in [-0.15, -0.1) is 0 Å². The normalized spacial score (nSPS) is 20.9. The first kappa shape index (κ1) is 14.5. The molecule has 1 aromatic carbocycles. The number of aliphatic hydroxyl groups is 1. The monoisotopic (exact) mass is 261 g/mol. The van der Waals surface area contributed by atoms with Gasteiger partial charge in [-0.3, -0.25) is 0 Å². The predicted octanol–water partition coefficient (Wildman–Crippen LogP) is 3.72. The topological polar surface area (TPSA) is 23.5 Å². The van der Waals surface area contributed by atoms with Gasteiger partial charge in [-0.2, -0.15) is 0 Å². The average Bonchev–Trinajstić information content (AvgIpc) is 2.35. The van der Waals surface area contributed by atoms with E-state index in [1.54, 1.807) is 0 Å². The summed E-state index contributed by atoms with van der Waals surface area (Å²) in [7, 11) is 4.07. The minimum Gasteiger partial charge on any atom is -0.386 e. The van der Waals surface area contributed by atoms with E-state index in [-0.39, 0.29) is 5.54 Å². The second kappa shape index (κ2) is 5.64. The van der Waals surface area contributed by atoms with E-state index in [0.717, 1.165) is 17.9 Å². The van der Waals surface area contributed by atoms with E-state index < -0.39 is 6.10 Å². The van der Waals surface area contributed by atoms with Gasteiger partial charge in [0.15, 0.2) is 0 Å². The maximum Gasteiger partial charge on any atom is 0.0970 e. The number of likely N-dealkylation sites (N-methyl/N-ethyl adjacent to an activating group) is 1. The van der Waals surface area contributed by atoms with E-state index >= 15 is 0 Å². The largest absolute Gasteiger partial charge is 0.386 e. The van der Waals surface area contributed by atoms with Gasteiger partial charge in [0.2, 0.25) is 0 Å². The molecule has 1 aliphatic rings. The molecule has 1 N–H and O–H groups in total. The molecular formula is C17H27NO. The Morgan fingerprint density at radius 3 is 2.21 bits per heavy atom. The van der Waals surface area contributed by atoms with Crippen LogP contribution in [0.3, 0.4) is 0 Å². The van der Waals surface area contributed by atoms with Crippen molar-refractivity contribution in [3.63, 3.8) is 0 Å². The number of rotatable bonds is 5. The van der Waals surface area contributed by atoms with Crippen molar-refractivity contribution in [1.82, 2.24) is 4.90 Å². The lowest BCUT2D eigenvalue weighted by molar-refractivity contribution is 0.000853. The Balaban J connectivity index is 2.16. The number of hydrogen-bond acceptors (Lipinski definition) is 2. The van der Waals surface area contributed by atoms with Crippen molar-refractivity contribution in [3.8, 4) is 0 Å². The lowest BCUT2D eigenvalue weighted by Crippen LogP contribution is -2.46. The Labute approximate surface area is 117 Å². The summed E-state index contributed by atoms with van der Waals surface area (Å²) in [5.41, 5.74) is 2.25. The van der Waals surface area contributed by atoms with Crippen LogP contribution in [0.2, 0.25) is 0 Å². The molecule has 0 aliphatic heterocycles. The van der Waals surface area contributed by atoms with Crippen LogP contribution in [-0.2, 0) is 0 Å². The highest BCUT2D eigenvalue weighted by Crippen LogP contribution is 2.38. The zero-order chi connectivity index (χ0) is 14.0. The molecule has 0 radical (unpaired) electrons. The third-order valence-corrected chi connectivity index (χ3v) is 5.16. The van der Waals surface area contributed by atoms with Crippen LogP contribution in [0.1, 0.15) is 62.7 Å². The maximum absolute atomic E-state index is 10.7. The van der Waals surface area contributed by atoms with E-state index in [1.807, 2.05) is 14.1 Å². The number of hydrogen-bond donors (Lipinski definition) is 1. The van der Waals surface area contributed by atoms with Crippen LogP contribution in [0.4, 0.5) is 0 Å². The molecule has 0 saturated heterocycles. The SMILES string of the molecule is CCC(C)(C(O)c1ccc(C2CCC2)cc1)N(C)C.